The second kappa shape index (κ2) is 4.29. The molecule has 92 valence electrons. The van der Waals surface area contributed by atoms with Crippen molar-refractivity contribution < 1.29 is 0 Å². The second-order valence-corrected chi connectivity index (χ2v) is 5.60. The van der Waals surface area contributed by atoms with E-state index in [0.717, 1.165) is 9.35 Å². The third-order valence-electron chi connectivity index (χ3n) is 2.60. The van der Waals surface area contributed by atoms with Gasteiger partial charge in [0.05, 0.1) is 12.7 Å². The number of aryl methyl sites for hydroxylation is 1. The molecule has 0 aromatic carbocycles. The zero-order valence-corrected chi connectivity index (χ0v) is 11.8. The van der Waals surface area contributed by atoms with Crippen LogP contribution in [0.4, 0.5) is 0 Å². The molecule has 0 spiro atoms. The van der Waals surface area contributed by atoms with Crippen molar-refractivity contribution in [3.63, 3.8) is 0 Å². The Morgan fingerprint density at radius 3 is 3.06 bits per heavy atom. The van der Waals surface area contributed by atoms with Crippen molar-refractivity contribution in [2.24, 2.45) is 7.05 Å². The van der Waals surface area contributed by atoms with Crippen LogP contribution in [0.15, 0.2) is 26.9 Å². The molecule has 3 aromatic rings. The van der Waals surface area contributed by atoms with Gasteiger partial charge >= 0.3 is 0 Å². The summed E-state index contributed by atoms with van der Waals surface area (Å²) in [6, 6.07) is 1.95. The number of halogens is 1. The molecule has 0 saturated heterocycles. The van der Waals surface area contributed by atoms with Gasteiger partial charge in [0.25, 0.3) is 5.56 Å². The summed E-state index contributed by atoms with van der Waals surface area (Å²) in [5.41, 5.74) is 0.329. The average Bonchev–Trinajstić information content (AvgIpc) is 2.91. The van der Waals surface area contributed by atoms with Crippen molar-refractivity contribution in [3.8, 4) is 0 Å². The monoisotopic (exact) mass is 325 g/mol. The first-order valence-electron chi connectivity index (χ1n) is 5.14. The van der Waals surface area contributed by atoms with E-state index in [2.05, 4.69) is 31.3 Å². The maximum absolute atomic E-state index is 12.2. The van der Waals surface area contributed by atoms with Crippen LogP contribution >= 0.6 is 27.3 Å². The Hall–Kier alpha value is -1.54. The van der Waals surface area contributed by atoms with Crippen molar-refractivity contribution in [2.75, 3.05) is 0 Å². The molecule has 0 aliphatic carbocycles. The van der Waals surface area contributed by atoms with Gasteiger partial charge < -0.3 is 0 Å². The number of fused-ring (bicyclic) bond motifs is 1. The number of hydrogen-bond acceptors (Lipinski definition) is 5. The molecule has 0 aliphatic rings. The summed E-state index contributed by atoms with van der Waals surface area (Å²) in [5, 5.41) is 14.4. The van der Waals surface area contributed by atoms with E-state index in [4.69, 9.17) is 0 Å². The van der Waals surface area contributed by atoms with Gasteiger partial charge in [-0.2, -0.15) is 5.10 Å². The first-order chi connectivity index (χ1) is 8.66. The fourth-order valence-electron chi connectivity index (χ4n) is 1.65. The van der Waals surface area contributed by atoms with Gasteiger partial charge in [-0.1, -0.05) is 5.21 Å². The summed E-state index contributed by atoms with van der Waals surface area (Å²) in [7, 11) is 1.73. The van der Waals surface area contributed by atoms with Gasteiger partial charge in [0.2, 0.25) is 0 Å². The van der Waals surface area contributed by atoms with Crippen LogP contribution in [0.25, 0.3) is 11.0 Å². The van der Waals surface area contributed by atoms with E-state index >= 15 is 0 Å². The number of aromatic nitrogens is 5. The highest BCUT2D eigenvalue weighted by molar-refractivity contribution is 9.10. The smallest absolute Gasteiger partial charge is 0.267 e. The Labute approximate surface area is 114 Å². The molecule has 0 N–H and O–H groups in total. The maximum Gasteiger partial charge on any atom is 0.281 e. The molecule has 3 heterocycles. The molecule has 0 saturated carbocycles. The lowest BCUT2D eigenvalue weighted by molar-refractivity contribution is 0.599. The molecule has 0 amide bonds. The Morgan fingerprint density at radius 1 is 1.50 bits per heavy atom. The Balaban J connectivity index is 2.11. The summed E-state index contributed by atoms with van der Waals surface area (Å²) in [4.78, 5) is 13.2. The molecule has 18 heavy (non-hydrogen) atoms. The predicted octanol–water partition coefficient (Wildman–Crippen LogP) is 1.40. The zero-order valence-electron chi connectivity index (χ0n) is 9.37. The van der Waals surface area contributed by atoms with Crippen molar-refractivity contribution in [1.82, 2.24) is 24.8 Å². The topological polar surface area (TPSA) is 65.6 Å². The van der Waals surface area contributed by atoms with E-state index in [0.29, 0.717) is 17.6 Å². The molecule has 8 heteroatoms. The van der Waals surface area contributed by atoms with Gasteiger partial charge in [-0.3, -0.25) is 4.79 Å². The first kappa shape index (κ1) is 11.5. The van der Waals surface area contributed by atoms with Crippen LogP contribution in [0.2, 0.25) is 0 Å². The van der Waals surface area contributed by atoms with E-state index < -0.39 is 0 Å². The highest BCUT2D eigenvalue weighted by Crippen LogP contribution is 2.22. The van der Waals surface area contributed by atoms with Crippen molar-refractivity contribution in [2.45, 2.75) is 6.54 Å². The average molecular weight is 326 g/mol. The lowest BCUT2D eigenvalue weighted by atomic mass is 10.4. The van der Waals surface area contributed by atoms with E-state index in [-0.39, 0.29) is 5.56 Å². The molecule has 0 radical (unpaired) electrons. The zero-order chi connectivity index (χ0) is 12.7. The van der Waals surface area contributed by atoms with Crippen LogP contribution in [-0.4, -0.2) is 24.8 Å². The molecule has 3 rings (SSSR count). The highest BCUT2D eigenvalue weighted by atomic mass is 79.9. The number of thiophene rings is 1. The largest absolute Gasteiger partial charge is 0.281 e. The molecule has 0 aliphatic heterocycles. The molecule has 6 nitrogen and oxygen atoms in total. The second-order valence-electron chi connectivity index (χ2n) is 3.75. The summed E-state index contributed by atoms with van der Waals surface area (Å²) in [6.45, 7) is 0.412. The number of hydrogen-bond donors (Lipinski definition) is 0. The Kier molecular flexibility index (Phi) is 2.75. The molecule has 0 unspecified atom stereocenters. The molecule has 0 atom stereocenters. The van der Waals surface area contributed by atoms with Gasteiger partial charge in [0.1, 0.15) is 5.39 Å². The normalized spacial score (nSPS) is 11.2. The van der Waals surface area contributed by atoms with Gasteiger partial charge in [-0.15, -0.1) is 16.4 Å². The lowest BCUT2D eigenvalue weighted by Crippen LogP contribution is -2.24. The lowest BCUT2D eigenvalue weighted by Gasteiger charge is -2.02. The van der Waals surface area contributed by atoms with Gasteiger partial charge in [0.15, 0.2) is 5.65 Å². The molecular formula is C10H8BrN5OS. The molecule has 0 bridgehead atoms. The van der Waals surface area contributed by atoms with E-state index in [1.807, 2.05) is 11.4 Å². The van der Waals surface area contributed by atoms with Crippen LogP contribution in [0, 0.1) is 0 Å². The number of nitrogens with zero attached hydrogens (tertiary/aromatic N) is 5. The van der Waals surface area contributed by atoms with Gasteiger partial charge in [-0.25, -0.2) is 9.36 Å². The Bertz CT molecular complexity index is 774. The van der Waals surface area contributed by atoms with Crippen molar-refractivity contribution in [3.05, 3.63) is 37.3 Å². The van der Waals surface area contributed by atoms with E-state index in [9.17, 15) is 4.79 Å². The fraction of sp³-hybridized carbons (Fsp3) is 0.200. The predicted molar refractivity (Wildman–Crippen MR) is 71.7 cm³/mol. The summed E-state index contributed by atoms with van der Waals surface area (Å²) >= 11 is 5.00. The van der Waals surface area contributed by atoms with E-state index in [1.54, 1.807) is 18.4 Å². The summed E-state index contributed by atoms with van der Waals surface area (Å²) in [6.07, 6.45) is 1.52. The third-order valence-corrected chi connectivity index (χ3v) is 4.52. The highest BCUT2D eigenvalue weighted by Gasteiger charge is 2.11. The van der Waals surface area contributed by atoms with Gasteiger partial charge in [0, 0.05) is 16.4 Å². The van der Waals surface area contributed by atoms with Crippen LogP contribution in [-0.2, 0) is 13.6 Å². The van der Waals surface area contributed by atoms with Crippen LogP contribution in [0.3, 0.4) is 0 Å². The van der Waals surface area contributed by atoms with Crippen LogP contribution < -0.4 is 5.56 Å². The van der Waals surface area contributed by atoms with Crippen LogP contribution in [0.1, 0.15) is 4.88 Å². The molecular weight excluding hydrogens is 318 g/mol. The standard InChI is InChI=1S/C10H8BrN5OS/c1-15-9-6(4-12-15)10(17)16(14-13-9)5-8-7(11)2-3-18-8/h2-4H,5H2,1H3. The quantitative estimate of drug-likeness (QED) is 0.714. The molecule has 3 aromatic heterocycles. The first-order valence-corrected chi connectivity index (χ1v) is 6.81. The van der Waals surface area contributed by atoms with Crippen molar-refractivity contribution >= 4 is 38.3 Å². The number of rotatable bonds is 2. The minimum atomic E-state index is -0.173. The van der Waals surface area contributed by atoms with Crippen molar-refractivity contribution in [1.29, 1.82) is 0 Å². The van der Waals surface area contributed by atoms with Gasteiger partial charge in [-0.05, 0) is 27.4 Å². The summed E-state index contributed by atoms with van der Waals surface area (Å²) in [5.74, 6) is 0. The van der Waals surface area contributed by atoms with E-state index in [1.165, 1.54) is 15.6 Å². The summed E-state index contributed by atoms with van der Waals surface area (Å²) < 4.78 is 3.86. The Morgan fingerprint density at radius 2 is 2.33 bits per heavy atom. The SMILES string of the molecule is Cn1ncc2c(=O)n(Cc3sccc3Br)nnc21. The van der Waals surface area contributed by atoms with Crippen LogP contribution in [0.5, 0.6) is 0 Å². The maximum atomic E-state index is 12.2. The minimum Gasteiger partial charge on any atom is -0.267 e. The molecule has 0 fully saturated rings. The fourth-order valence-corrected chi connectivity index (χ4v) is 3.11. The minimum absolute atomic E-state index is 0.173. The third kappa shape index (κ3) is 1.77.